The van der Waals surface area contributed by atoms with Gasteiger partial charge in [-0.15, -0.1) is 0 Å². The first-order valence-electron chi connectivity index (χ1n) is 13.6. The summed E-state index contributed by atoms with van der Waals surface area (Å²) in [6, 6.07) is 8.17. The van der Waals surface area contributed by atoms with Crippen LogP contribution >= 0.6 is 0 Å². The summed E-state index contributed by atoms with van der Waals surface area (Å²) >= 11 is 0. The van der Waals surface area contributed by atoms with Crippen molar-refractivity contribution in [2.75, 3.05) is 25.0 Å². The highest BCUT2D eigenvalue weighted by atomic mass is 16.2. The molecule has 2 bridgehead atoms. The molecule has 2 aromatic rings. The summed E-state index contributed by atoms with van der Waals surface area (Å²) in [7, 11) is 2.11. The van der Waals surface area contributed by atoms with Gasteiger partial charge in [0.15, 0.2) is 0 Å². The molecule has 3 atom stereocenters. The molecule has 3 fully saturated rings. The minimum absolute atomic E-state index is 0.0580. The van der Waals surface area contributed by atoms with Crippen LogP contribution < -0.4 is 21.3 Å². The molecule has 9 heteroatoms. The lowest BCUT2D eigenvalue weighted by Gasteiger charge is -2.40. The lowest BCUT2D eigenvalue weighted by Crippen LogP contribution is -2.51. The van der Waals surface area contributed by atoms with Crippen LogP contribution in [0.4, 0.5) is 5.82 Å². The van der Waals surface area contributed by atoms with Crippen molar-refractivity contribution >= 4 is 23.5 Å². The van der Waals surface area contributed by atoms with E-state index in [0.29, 0.717) is 34.3 Å². The summed E-state index contributed by atoms with van der Waals surface area (Å²) in [5.74, 6) is 0.239. The zero-order valence-corrected chi connectivity index (χ0v) is 22.5. The molecule has 3 aliphatic rings. The Morgan fingerprint density at radius 1 is 0.868 bits per heavy atom. The molecular formula is C29H38N6O3. The molecule has 0 aliphatic carbocycles. The Bertz CT molecular complexity index is 1210. The highest BCUT2D eigenvalue weighted by molar-refractivity contribution is 5.99. The van der Waals surface area contributed by atoms with Crippen molar-refractivity contribution in [3.8, 4) is 0 Å². The number of primary amides is 1. The van der Waals surface area contributed by atoms with Gasteiger partial charge in [0, 0.05) is 41.5 Å². The minimum atomic E-state index is -0.485. The average molecular weight is 519 g/mol. The molecule has 0 saturated carbocycles. The highest BCUT2D eigenvalue weighted by Gasteiger charge is 2.42. The second kappa shape index (κ2) is 10.7. The van der Waals surface area contributed by atoms with Crippen molar-refractivity contribution in [2.24, 2.45) is 5.73 Å². The number of nitrogens with two attached hydrogens (primary N) is 1. The molecule has 0 unspecified atom stereocenters. The summed E-state index contributed by atoms with van der Waals surface area (Å²) in [4.78, 5) is 46.8. The van der Waals surface area contributed by atoms with Gasteiger partial charge < -0.3 is 26.2 Å². The molecule has 38 heavy (non-hydrogen) atoms. The van der Waals surface area contributed by atoms with Crippen LogP contribution in [-0.2, 0) is 0 Å². The predicted octanol–water partition coefficient (Wildman–Crippen LogP) is 2.55. The standard InChI is InChI=1S/C29H38N6O3/c1-17-13-25(18(2)12-24(17)27(30)36)29(38)33-21-14-22-5-6-23(15-21)35(22)26-7-4-19(16-31-26)28(37)32-20-8-10-34(3)11-9-20/h4,7,12-13,16,20-23H,5-6,8-11,14-15H2,1-3H3,(H2,30,36)(H,32,37)(H,33,38)/t21-,22+,23-. The number of amides is 3. The third-order valence-corrected chi connectivity index (χ3v) is 8.48. The number of pyridine rings is 1. The van der Waals surface area contributed by atoms with E-state index in [1.807, 2.05) is 19.1 Å². The number of carbonyl (C=O) groups excluding carboxylic acids is 3. The van der Waals surface area contributed by atoms with Crippen molar-refractivity contribution in [3.05, 3.63) is 58.3 Å². The first-order valence-corrected chi connectivity index (χ1v) is 13.6. The number of anilines is 1. The van der Waals surface area contributed by atoms with E-state index < -0.39 is 5.91 Å². The molecule has 3 saturated heterocycles. The van der Waals surface area contributed by atoms with E-state index in [4.69, 9.17) is 5.73 Å². The largest absolute Gasteiger partial charge is 0.366 e. The van der Waals surface area contributed by atoms with E-state index in [2.05, 4.69) is 32.5 Å². The fourth-order valence-electron chi connectivity index (χ4n) is 6.35. The molecule has 3 aliphatic heterocycles. The maximum atomic E-state index is 13.1. The number of rotatable bonds is 6. The van der Waals surface area contributed by atoms with E-state index in [1.165, 1.54) is 0 Å². The Morgan fingerprint density at radius 3 is 2.08 bits per heavy atom. The van der Waals surface area contributed by atoms with Crippen LogP contribution in [0.1, 0.15) is 80.7 Å². The number of hydrogen-bond acceptors (Lipinski definition) is 6. The van der Waals surface area contributed by atoms with Crippen molar-refractivity contribution in [3.63, 3.8) is 0 Å². The first kappa shape index (κ1) is 26.2. The Labute approximate surface area is 224 Å². The Kier molecular flexibility index (Phi) is 7.38. The third-order valence-electron chi connectivity index (χ3n) is 8.48. The number of hydrogen-bond donors (Lipinski definition) is 3. The molecule has 4 heterocycles. The Morgan fingerprint density at radius 2 is 1.47 bits per heavy atom. The van der Waals surface area contributed by atoms with E-state index in [9.17, 15) is 14.4 Å². The molecular weight excluding hydrogens is 480 g/mol. The van der Waals surface area contributed by atoms with Crippen molar-refractivity contribution in [1.82, 2.24) is 20.5 Å². The summed E-state index contributed by atoms with van der Waals surface area (Å²) in [6.45, 7) is 5.63. The zero-order valence-electron chi connectivity index (χ0n) is 22.5. The highest BCUT2D eigenvalue weighted by Crippen LogP contribution is 2.38. The summed E-state index contributed by atoms with van der Waals surface area (Å²) < 4.78 is 0. The summed E-state index contributed by atoms with van der Waals surface area (Å²) in [5, 5.41) is 6.39. The van der Waals surface area contributed by atoms with E-state index in [1.54, 1.807) is 25.3 Å². The molecule has 0 spiro atoms. The van der Waals surface area contributed by atoms with Crippen LogP contribution in [0.25, 0.3) is 0 Å². The molecule has 1 aromatic heterocycles. The predicted molar refractivity (Wildman–Crippen MR) is 146 cm³/mol. The molecule has 202 valence electrons. The van der Waals surface area contributed by atoms with Crippen LogP contribution in [-0.4, -0.2) is 71.9 Å². The van der Waals surface area contributed by atoms with Crippen molar-refractivity contribution < 1.29 is 14.4 Å². The molecule has 1 aromatic carbocycles. The zero-order chi connectivity index (χ0) is 27.0. The van der Waals surface area contributed by atoms with Gasteiger partial charge in [0.1, 0.15) is 5.82 Å². The molecule has 3 amide bonds. The van der Waals surface area contributed by atoms with Gasteiger partial charge in [-0.3, -0.25) is 14.4 Å². The molecule has 0 radical (unpaired) electrons. The molecule has 4 N–H and O–H groups in total. The summed E-state index contributed by atoms with van der Waals surface area (Å²) in [6.07, 6.45) is 7.44. The lowest BCUT2D eigenvalue weighted by molar-refractivity contribution is 0.0912. The quantitative estimate of drug-likeness (QED) is 0.541. The van der Waals surface area contributed by atoms with Crippen LogP contribution in [0.15, 0.2) is 30.5 Å². The normalized spacial score (nSPS) is 23.8. The van der Waals surface area contributed by atoms with Gasteiger partial charge >= 0.3 is 0 Å². The van der Waals surface area contributed by atoms with Gasteiger partial charge in [-0.2, -0.15) is 0 Å². The van der Waals surface area contributed by atoms with Crippen LogP contribution in [0.5, 0.6) is 0 Å². The fraction of sp³-hybridized carbons (Fsp3) is 0.517. The molecule has 9 nitrogen and oxygen atoms in total. The minimum Gasteiger partial charge on any atom is -0.366 e. The smallest absolute Gasteiger partial charge is 0.253 e. The number of aromatic nitrogens is 1. The maximum absolute atomic E-state index is 13.1. The van der Waals surface area contributed by atoms with Gasteiger partial charge in [-0.05, 0) is 108 Å². The topological polar surface area (TPSA) is 121 Å². The number of nitrogens with one attached hydrogen (secondary N) is 2. The number of fused-ring (bicyclic) bond motifs is 2. The Balaban J connectivity index is 1.20. The number of carbonyl (C=O) groups is 3. The molecule has 5 rings (SSSR count). The summed E-state index contributed by atoms with van der Waals surface area (Å²) in [5.41, 5.74) is 8.52. The van der Waals surface area contributed by atoms with E-state index >= 15 is 0 Å². The maximum Gasteiger partial charge on any atom is 0.253 e. The van der Waals surface area contributed by atoms with Gasteiger partial charge in [-0.1, -0.05) is 0 Å². The number of likely N-dealkylation sites (tertiary alicyclic amines) is 1. The fourth-order valence-corrected chi connectivity index (χ4v) is 6.35. The van der Waals surface area contributed by atoms with Gasteiger partial charge in [0.05, 0.1) is 5.56 Å². The number of aryl methyl sites for hydroxylation is 2. The second-order valence-corrected chi connectivity index (χ2v) is 11.2. The number of benzene rings is 1. The SMILES string of the molecule is Cc1cc(C(=O)N[C@H]2C[C@H]3CC[C@@H](C2)N3c2ccc(C(=O)NC3CCN(C)CC3)cn2)c(C)cc1C(N)=O. The van der Waals surface area contributed by atoms with E-state index in [0.717, 1.165) is 63.0 Å². The van der Waals surface area contributed by atoms with E-state index in [-0.39, 0.29) is 23.9 Å². The lowest BCUT2D eigenvalue weighted by atomic mass is 9.95. The Hall–Kier alpha value is -3.46. The first-order chi connectivity index (χ1) is 18.2. The van der Waals surface area contributed by atoms with Crippen molar-refractivity contribution in [1.29, 1.82) is 0 Å². The average Bonchev–Trinajstić information content (AvgIpc) is 3.16. The third kappa shape index (κ3) is 5.38. The van der Waals surface area contributed by atoms with Crippen molar-refractivity contribution in [2.45, 2.75) is 76.5 Å². The van der Waals surface area contributed by atoms with Crippen LogP contribution in [0.2, 0.25) is 0 Å². The second-order valence-electron chi connectivity index (χ2n) is 11.2. The van der Waals surface area contributed by atoms with Gasteiger partial charge in [0.25, 0.3) is 11.8 Å². The van der Waals surface area contributed by atoms with Gasteiger partial charge in [-0.25, -0.2) is 4.98 Å². The number of piperidine rings is 2. The number of nitrogens with zero attached hydrogens (tertiary/aromatic N) is 3. The monoisotopic (exact) mass is 518 g/mol. The van der Waals surface area contributed by atoms with Crippen LogP contribution in [0.3, 0.4) is 0 Å². The van der Waals surface area contributed by atoms with Gasteiger partial charge in [0.2, 0.25) is 5.91 Å². The van der Waals surface area contributed by atoms with Crippen LogP contribution in [0, 0.1) is 13.8 Å².